The van der Waals surface area contributed by atoms with Crippen LogP contribution in [-0.4, -0.2) is 35.0 Å². The van der Waals surface area contributed by atoms with E-state index in [0.29, 0.717) is 12.8 Å². The molecule has 0 aliphatic heterocycles. The van der Waals surface area contributed by atoms with Crippen molar-refractivity contribution >= 4 is 6.09 Å². The van der Waals surface area contributed by atoms with Crippen LogP contribution in [0, 0.1) is 0 Å². The molecule has 0 unspecified atom stereocenters. The fraction of sp³-hybridized carbons (Fsp3) is 0.900. The molecule has 1 amide bonds. The minimum atomic E-state index is -0.792. The highest BCUT2D eigenvalue weighted by Gasteiger charge is 2.42. The Labute approximate surface area is 90.0 Å². The summed E-state index contributed by atoms with van der Waals surface area (Å²) >= 11 is 0. The van der Waals surface area contributed by atoms with Crippen LogP contribution in [0.4, 0.5) is 4.79 Å². The summed E-state index contributed by atoms with van der Waals surface area (Å²) in [6, 6.07) is -0.0200. The standard InChI is InChI=1S/C10H20N2O3/c1-9(2,3)15-8(13)12-7-4-10(14,5-7)6-11/h7,14H,4-6,11H2,1-3H3,(H,12,13)/t7-,10-. The van der Waals surface area contributed by atoms with E-state index in [4.69, 9.17) is 10.5 Å². The van der Waals surface area contributed by atoms with Gasteiger partial charge in [0.05, 0.1) is 5.60 Å². The molecule has 15 heavy (non-hydrogen) atoms. The van der Waals surface area contributed by atoms with Gasteiger partial charge in [-0.1, -0.05) is 0 Å². The molecule has 5 nitrogen and oxygen atoms in total. The molecular weight excluding hydrogens is 196 g/mol. The smallest absolute Gasteiger partial charge is 0.407 e. The van der Waals surface area contributed by atoms with E-state index in [1.807, 2.05) is 20.8 Å². The number of nitrogens with two attached hydrogens (primary N) is 1. The van der Waals surface area contributed by atoms with E-state index >= 15 is 0 Å². The lowest BCUT2D eigenvalue weighted by atomic mass is 9.76. The molecule has 88 valence electrons. The number of nitrogens with one attached hydrogen (secondary N) is 1. The van der Waals surface area contributed by atoms with E-state index in [9.17, 15) is 9.90 Å². The summed E-state index contributed by atoms with van der Waals surface area (Å²) in [4.78, 5) is 11.3. The Bertz CT molecular complexity index is 242. The van der Waals surface area contributed by atoms with Gasteiger partial charge in [-0.05, 0) is 33.6 Å². The van der Waals surface area contributed by atoms with Crippen LogP contribution in [0.15, 0.2) is 0 Å². The maximum atomic E-state index is 11.3. The van der Waals surface area contributed by atoms with Gasteiger partial charge in [0.2, 0.25) is 0 Å². The van der Waals surface area contributed by atoms with Gasteiger partial charge in [-0.15, -0.1) is 0 Å². The summed E-state index contributed by atoms with van der Waals surface area (Å²) in [6.45, 7) is 5.66. The summed E-state index contributed by atoms with van der Waals surface area (Å²) in [6.07, 6.45) is 0.567. The van der Waals surface area contributed by atoms with E-state index in [1.165, 1.54) is 0 Å². The molecule has 0 bridgehead atoms. The lowest BCUT2D eigenvalue weighted by Gasteiger charge is -2.43. The average Bonchev–Trinajstić information content (AvgIpc) is 1.97. The summed E-state index contributed by atoms with van der Waals surface area (Å²) in [5.74, 6) is 0. The fourth-order valence-electron chi connectivity index (χ4n) is 1.60. The van der Waals surface area contributed by atoms with Gasteiger partial charge < -0.3 is 20.9 Å². The lowest BCUT2D eigenvalue weighted by molar-refractivity contribution is -0.0488. The average molecular weight is 216 g/mol. The summed E-state index contributed by atoms with van der Waals surface area (Å²) in [5.41, 5.74) is 4.09. The van der Waals surface area contributed by atoms with Crippen molar-refractivity contribution in [3.05, 3.63) is 0 Å². The molecule has 0 radical (unpaired) electrons. The minimum Gasteiger partial charge on any atom is -0.444 e. The first-order valence-corrected chi connectivity index (χ1v) is 5.16. The zero-order valence-electron chi connectivity index (χ0n) is 9.54. The van der Waals surface area contributed by atoms with Crippen LogP contribution in [0.5, 0.6) is 0 Å². The van der Waals surface area contributed by atoms with Gasteiger partial charge in [0.15, 0.2) is 0 Å². The number of amides is 1. The van der Waals surface area contributed by atoms with E-state index in [1.54, 1.807) is 0 Å². The van der Waals surface area contributed by atoms with Crippen LogP contribution < -0.4 is 11.1 Å². The quantitative estimate of drug-likeness (QED) is 0.622. The van der Waals surface area contributed by atoms with Crippen molar-refractivity contribution in [1.29, 1.82) is 0 Å². The number of carbonyl (C=O) groups excluding carboxylic acids is 1. The third kappa shape index (κ3) is 3.68. The van der Waals surface area contributed by atoms with Crippen molar-refractivity contribution < 1.29 is 14.6 Å². The molecule has 0 aromatic heterocycles. The SMILES string of the molecule is CC(C)(C)OC(=O)N[C@H]1C[C@@](O)(CN)C1. The predicted molar refractivity (Wildman–Crippen MR) is 56.4 cm³/mol. The molecule has 1 aliphatic rings. The Morgan fingerprint density at radius 1 is 1.60 bits per heavy atom. The second-order valence-electron chi connectivity index (χ2n) is 5.18. The zero-order chi connectivity index (χ0) is 11.7. The predicted octanol–water partition coefficient (Wildman–Crippen LogP) is 0.363. The molecule has 0 aromatic rings. The maximum Gasteiger partial charge on any atom is 0.407 e. The van der Waals surface area contributed by atoms with Gasteiger partial charge in [0.1, 0.15) is 5.60 Å². The normalized spacial score (nSPS) is 30.6. The second-order valence-corrected chi connectivity index (χ2v) is 5.18. The Balaban J connectivity index is 2.25. The van der Waals surface area contributed by atoms with Crippen LogP contribution in [0.25, 0.3) is 0 Å². The van der Waals surface area contributed by atoms with Crippen molar-refractivity contribution in [2.75, 3.05) is 6.54 Å². The molecule has 0 atom stereocenters. The summed E-state index contributed by atoms with van der Waals surface area (Å²) < 4.78 is 5.08. The van der Waals surface area contributed by atoms with Crippen LogP contribution in [-0.2, 0) is 4.74 Å². The molecular formula is C10H20N2O3. The highest BCUT2D eigenvalue weighted by atomic mass is 16.6. The monoisotopic (exact) mass is 216 g/mol. The van der Waals surface area contributed by atoms with Crippen LogP contribution >= 0.6 is 0 Å². The van der Waals surface area contributed by atoms with Gasteiger partial charge in [-0.3, -0.25) is 0 Å². The highest BCUT2D eigenvalue weighted by Crippen LogP contribution is 2.31. The van der Waals surface area contributed by atoms with Crippen molar-refractivity contribution in [1.82, 2.24) is 5.32 Å². The first kappa shape index (κ1) is 12.3. The summed E-state index contributed by atoms with van der Waals surface area (Å²) in [5, 5.41) is 12.3. The maximum absolute atomic E-state index is 11.3. The van der Waals surface area contributed by atoms with Crippen molar-refractivity contribution in [3.8, 4) is 0 Å². The molecule has 1 fully saturated rings. The van der Waals surface area contributed by atoms with E-state index in [0.717, 1.165) is 0 Å². The number of aliphatic hydroxyl groups is 1. The van der Waals surface area contributed by atoms with Crippen molar-refractivity contribution in [2.45, 2.75) is 50.9 Å². The van der Waals surface area contributed by atoms with Gasteiger partial charge in [0, 0.05) is 12.6 Å². The van der Waals surface area contributed by atoms with Gasteiger partial charge in [-0.25, -0.2) is 4.79 Å². The Kier molecular flexibility index (Phi) is 3.25. The molecule has 0 aromatic carbocycles. The number of rotatable bonds is 2. The van der Waals surface area contributed by atoms with Crippen LogP contribution in [0.1, 0.15) is 33.6 Å². The molecule has 0 heterocycles. The number of hydrogen-bond donors (Lipinski definition) is 3. The van der Waals surface area contributed by atoms with Gasteiger partial charge in [-0.2, -0.15) is 0 Å². The molecule has 0 saturated heterocycles. The molecule has 1 saturated carbocycles. The van der Waals surface area contributed by atoms with Crippen LogP contribution in [0.3, 0.4) is 0 Å². The molecule has 1 rings (SSSR count). The fourth-order valence-corrected chi connectivity index (χ4v) is 1.60. The third-order valence-electron chi connectivity index (χ3n) is 2.35. The minimum absolute atomic E-state index is 0.0200. The number of ether oxygens (including phenoxy) is 1. The molecule has 4 N–H and O–H groups in total. The second kappa shape index (κ2) is 3.98. The Morgan fingerprint density at radius 3 is 2.53 bits per heavy atom. The third-order valence-corrected chi connectivity index (χ3v) is 2.35. The van der Waals surface area contributed by atoms with Gasteiger partial charge >= 0.3 is 6.09 Å². The van der Waals surface area contributed by atoms with E-state index in [-0.39, 0.29) is 12.6 Å². The highest BCUT2D eigenvalue weighted by molar-refractivity contribution is 5.68. The topological polar surface area (TPSA) is 84.6 Å². The first-order valence-electron chi connectivity index (χ1n) is 5.16. The van der Waals surface area contributed by atoms with Gasteiger partial charge in [0.25, 0.3) is 0 Å². The van der Waals surface area contributed by atoms with Crippen molar-refractivity contribution in [2.24, 2.45) is 5.73 Å². The van der Waals surface area contributed by atoms with E-state index in [2.05, 4.69) is 5.32 Å². The molecule has 0 spiro atoms. The lowest BCUT2D eigenvalue weighted by Crippen LogP contribution is -2.58. The van der Waals surface area contributed by atoms with Crippen LogP contribution in [0.2, 0.25) is 0 Å². The van der Waals surface area contributed by atoms with E-state index < -0.39 is 17.3 Å². The number of hydrogen-bond acceptors (Lipinski definition) is 4. The first-order chi connectivity index (χ1) is 6.74. The number of alkyl carbamates (subject to hydrolysis) is 1. The Morgan fingerprint density at radius 2 is 2.13 bits per heavy atom. The largest absolute Gasteiger partial charge is 0.444 e. The summed E-state index contributed by atoms with van der Waals surface area (Å²) in [7, 11) is 0. The Hall–Kier alpha value is -0.810. The zero-order valence-corrected chi connectivity index (χ0v) is 9.54. The molecule has 1 aliphatic carbocycles. The molecule has 5 heteroatoms. The number of carbonyl (C=O) groups is 1. The van der Waals surface area contributed by atoms with Crippen molar-refractivity contribution in [3.63, 3.8) is 0 Å².